The van der Waals surface area contributed by atoms with Crippen LogP contribution in [0.25, 0.3) is 22.4 Å². The highest BCUT2D eigenvalue weighted by Crippen LogP contribution is 2.35. The van der Waals surface area contributed by atoms with Crippen LogP contribution in [0, 0.1) is 0 Å². The number of hydrogen-bond donors (Lipinski definition) is 1. The number of aromatic amines is 1. The number of H-pyrrole nitrogens is 1. The summed E-state index contributed by atoms with van der Waals surface area (Å²) in [6.45, 7) is 5.57. The molecule has 10 heteroatoms. The lowest BCUT2D eigenvalue weighted by molar-refractivity contribution is 0.317. The van der Waals surface area contributed by atoms with Gasteiger partial charge in [0.2, 0.25) is 0 Å². The molecule has 0 fully saturated rings. The first kappa shape index (κ1) is 21.0. The van der Waals surface area contributed by atoms with Gasteiger partial charge in [0.1, 0.15) is 16.2 Å². The van der Waals surface area contributed by atoms with Crippen LogP contribution in [0.2, 0.25) is 0 Å². The van der Waals surface area contributed by atoms with Crippen LogP contribution >= 0.6 is 0 Å². The molecule has 0 aliphatic rings. The monoisotopic (exact) mass is 420 g/mol. The molecule has 0 aliphatic carbocycles. The standard InChI is InChI=1S/C19H24N4O5S/c1-5-9-13-15-16(23(4)22-13)19(24)21-18(20-15)12-10-8-11-14(17(12)27-6-2)29(25,26)28-7-3/h8,10-11H,5-7,9H2,1-4H3,(H,20,21,24). The van der Waals surface area contributed by atoms with Gasteiger partial charge in [0.15, 0.2) is 11.3 Å². The minimum Gasteiger partial charge on any atom is -0.492 e. The van der Waals surface area contributed by atoms with Crippen LogP contribution < -0.4 is 10.3 Å². The fourth-order valence-corrected chi connectivity index (χ4v) is 4.27. The lowest BCUT2D eigenvalue weighted by Gasteiger charge is -2.14. The maximum Gasteiger partial charge on any atom is 0.300 e. The number of aryl methyl sites for hydroxylation is 2. The third-order valence-corrected chi connectivity index (χ3v) is 5.72. The van der Waals surface area contributed by atoms with Gasteiger partial charge in [0, 0.05) is 7.05 Å². The Balaban J connectivity index is 2.29. The van der Waals surface area contributed by atoms with Crippen molar-refractivity contribution in [3.63, 3.8) is 0 Å². The van der Waals surface area contributed by atoms with Crippen LogP contribution in [0.15, 0.2) is 27.9 Å². The molecule has 156 valence electrons. The van der Waals surface area contributed by atoms with Crippen LogP contribution in [-0.4, -0.2) is 41.4 Å². The quantitative estimate of drug-likeness (QED) is 0.556. The summed E-state index contributed by atoms with van der Waals surface area (Å²) in [5.74, 6) is 0.303. The fraction of sp³-hybridized carbons (Fsp3) is 0.421. The molecule has 3 aromatic rings. The Morgan fingerprint density at radius 3 is 2.59 bits per heavy atom. The summed E-state index contributed by atoms with van der Waals surface area (Å²) in [7, 11) is -2.33. The van der Waals surface area contributed by atoms with E-state index in [0.29, 0.717) is 28.7 Å². The Labute approximate surface area is 168 Å². The van der Waals surface area contributed by atoms with Crippen molar-refractivity contribution >= 4 is 21.2 Å². The maximum absolute atomic E-state index is 12.7. The average Bonchev–Trinajstić information content (AvgIpc) is 2.98. The van der Waals surface area contributed by atoms with E-state index in [0.717, 1.165) is 6.42 Å². The molecule has 29 heavy (non-hydrogen) atoms. The second-order valence-corrected chi connectivity index (χ2v) is 7.94. The Hall–Kier alpha value is -2.72. The summed E-state index contributed by atoms with van der Waals surface area (Å²) in [6, 6.07) is 4.61. The van der Waals surface area contributed by atoms with Crippen molar-refractivity contribution in [1.82, 2.24) is 19.7 Å². The molecule has 1 N–H and O–H groups in total. The van der Waals surface area contributed by atoms with E-state index in [4.69, 9.17) is 8.92 Å². The Morgan fingerprint density at radius 1 is 1.17 bits per heavy atom. The molecule has 9 nitrogen and oxygen atoms in total. The Morgan fingerprint density at radius 2 is 1.93 bits per heavy atom. The molecule has 0 unspecified atom stereocenters. The summed E-state index contributed by atoms with van der Waals surface area (Å²) in [6.07, 6.45) is 1.52. The first-order valence-corrected chi connectivity index (χ1v) is 10.9. The third-order valence-electron chi connectivity index (χ3n) is 4.31. The summed E-state index contributed by atoms with van der Waals surface area (Å²) >= 11 is 0. The molecular weight excluding hydrogens is 396 g/mol. The van der Waals surface area contributed by atoms with E-state index in [1.807, 2.05) is 6.92 Å². The van der Waals surface area contributed by atoms with Crippen molar-refractivity contribution in [2.45, 2.75) is 38.5 Å². The van der Waals surface area contributed by atoms with Crippen molar-refractivity contribution < 1.29 is 17.3 Å². The topological polar surface area (TPSA) is 116 Å². The predicted molar refractivity (Wildman–Crippen MR) is 109 cm³/mol. The van der Waals surface area contributed by atoms with Gasteiger partial charge < -0.3 is 9.72 Å². The SMILES string of the molecule is CCCc1nn(C)c2c(=O)[nH]c(-c3cccc(S(=O)(=O)OCC)c3OCC)nc12. The molecule has 3 rings (SSSR count). The van der Waals surface area contributed by atoms with Gasteiger partial charge in [0.05, 0.1) is 24.5 Å². The van der Waals surface area contributed by atoms with E-state index >= 15 is 0 Å². The van der Waals surface area contributed by atoms with Crippen LogP contribution in [0.1, 0.15) is 32.9 Å². The number of nitrogens with one attached hydrogen (secondary N) is 1. The van der Waals surface area contributed by atoms with Crippen LogP contribution in [0.4, 0.5) is 0 Å². The lowest BCUT2D eigenvalue weighted by Crippen LogP contribution is -2.14. The summed E-state index contributed by atoms with van der Waals surface area (Å²) in [5.41, 5.74) is 1.58. The van der Waals surface area contributed by atoms with Crippen molar-refractivity contribution in [2.75, 3.05) is 13.2 Å². The molecule has 2 heterocycles. The smallest absolute Gasteiger partial charge is 0.300 e. The van der Waals surface area contributed by atoms with Crippen LogP contribution in [0.5, 0.6) is 5.75 Å². The van der Waals surface area contributed by atoms with Gasteiger partial charge in [-0.05, 0) is 32.4 Å². The molecule has 0 aliphatic heterocycles. The molecule has 0 spiro atoms. The van der Waals surface area contributed by atoms with Crippen molar-refractivity contribution in [1.29, 1.82) is 0 Å². The zero-order chi connectivity index (χ0) is 21.2. The number of para-hydroxylation sites is 1. The number of fused-ring (bicyclic) bond motifs is 1. The highest BCUT2D eigenvalue weighted by atomic mass is 32.2. The first-order valence-electron chi connectivity index (χ1n) is 9.45. The first-order chi connectivity index (χ1) is 13.8. The van der Waals surface area contributed by atoms with E-state index in [1.165, 1.54) is 10.7 Å². The molecule has 0 atom stereocenters. The summed E-state index contributed by atoms with van der Waals surface area (Å²) in [5, 5.41) is 4.40. The predicted octanol–water partition coefficient (Wildman–Crippen LogP) is 2.40. The zero-order valence-electron chi connectivity index (χ0n) is 16.9. The van der Waals surface area contributed by atoms with Crippen molar-refractivity contribution in [3.8, 4) is 17.1 Å². The molecule has 0 saturated carbocycles. The van der Waals surface area contributed by atoms with E-state index < -0.39 is 10.1 Å². The second-order valence-electron chi connectivity index (χ2n) is 6.36. The van der Waals surface area contributed by atoms with Gasteiger partial charge in [0.25, 0.3) is 5.56 Å². The highest BCUT2D eigenvalue weighted by Gasteiger charge is 2.25. The van der Waals surface area contributed by atoms with Crippen LogP contribution in [0.3, 0.4) is 0 Å². The number of ether oxygens (including phenoxy) is 1. The van der Waals surface area contributed by atoms with Crippen molar-refractivity contribution in [2.24, 2.45) is 7.05 Å². The van der Waals surface area contributed by atoms with Gasteiger partial charge in [-0.1, -0.05) is 19.4 Å². The van der Waals surface area contributed by atoms with Gasteiger partial charge >= 0.3 is 10.1 Å². The van der Waals surface area contributed by atoms with Gasteiger partial charge in [-0.3, -0.25) is 13.7 Å². The summed E-state index contributed by atoms with van der Waals surface area (Å²) < 4.78 is 37.1. The molecule has 0 bridgehead atoms. The minimum atomic E-state index is -4.02. The largest absolute Gasteiger partial charge is 0.492 e. The van der Waals surface area contributed by atoms with Crippen LogP contribution in [-0.2, 0) is 27.8 Å². The zero-order valence-corrected chi connectivity index (χ0v) is 17.7. The number of aromatic nitrogens is 4. The third kappa shape index (κ3) is 3.90. The minimum absolute atomic E-state index is 0.00473. The van der Waals surface area contributed by atoms with Gasteiger partial charge in [-0.25, -0.2) is 4.98 Å². The summed E-state index contributed by atoms with van der Waals surface area (Å²) in [4.78, 5) is 19.9. The lowest BCUT2D eigenvalue weighted by atomic mass is 10.1. The van der Waals surface area contributed by atoms with E-state index in [1.54, 1.807) is 33.0 Å². The molecule has 0 radical (unpaired) electrons. The molecular formula is C19H24N4O5S. The number of benzene rings is 1. The highest BCUT2D eigenvalue weighted by molar-refractivity contribution is 7.86. The second kappa shape index (κ2) is 8.34. The maximum atomic E-state index is 12.7. The Kier molecular flexibility index (Phi) is 6.04. The van der Waals surface area contributed by atoms with E-state index in [2.05, 4.69) is 15.1 Å². The van der Waals surface area contributed by atoms with E-state index in [9.17, 15) is 13.2 Å². The van der Waals surface area contributed by atoms with Gasteiger partial charge in [-0.2, -0.15) is 13.5 Å². The normalized spacial score (nSPS) is 11.9. The molecule has 0 amide bonds. The van der Waals surface area contributed by atoms with Crippen molar-refractivity contribution in [3.05, 3.63) is 34.2 Å². The van der Waals surface area contributed by atoms with Gasteiger partial charge in [-0.15, -0.1) is 0 Å². The number of hydrogen-bond acceptors (Lipinski definition) is 7. The average molecular weight is 420 g/mol. The molecule has 1 aromatic carbocycles. The molecule has 0 saturated heterocycles. The number of rotatable bonds is 8. The Bertz CT molecular complexity index is 1200. The fourth-order valence-electron chi connectivity index (χ4n) is 3.19. The number of nitrogens with zero attached hydrogens (tertiary/aromatic N) is 3. The molecule has 2 aromatic heterocycles. The van der Waals surface area contributed by atoms with E-state index in [-0.39, 0.29) is 35.2 Å².